The first kappa shape index (κ1) is 14.8. The molecule has 4 nitrogen and oxygen atoms in total. The van der Waals surface area contributed by atoms with E-state index in [0.717, 1.165) is 22.5 Å². The lowest BCUT2D eigenvalue weighted by molar-refractivity contribution is 0.867. The van der Waals surface area contributed by atoms with E-state index >= 15 is 0 Å². The topological polar surface area (TPSA) is 49.8 Å². The third-order valence-electron chi connectivity index (χ3n) is 2.92. The zero-order chi connectivity index (χ0) is 14.5. The van der Waals surface area contributed by atoms with Crippen LogP contribution in [-0.4, -0.2) is 16.5 Å². The minimum atomic E-state index is 0.537. The van der Waals surface area contributed by atoms with Gasteiger partial charge in [-0.3, -0.25) is 0 Å². The summed E-state index contributed by atoms with van der Waals surface area (Å²) in [6, 6.07) is 8.40. The van der Waals surface area contributed by atoms with Crippen LogP contribution >= 0.6 is 15.9 Å². The molecule has 0 unspecified atom stereocenters. The summed E-state index contributed by atoms with van der Waals surface area (Å²) in [6.07, 6.45) is 1.75. The van der Waals surface area contributed by atoms with Gasteiger partial charge >= 0.3 is 0 Å². The van der Waals surface area contributed by atoms with E-state index in [9.17, 15) is 0 Å². The second-order valence-corrected chi connectivity index (χ2v) is 5.68. The molecule has 0 saturated carbocycles. The number of benzene rings is 1. The summed E-state index contributed by atoms with van der Waals surface area (Å²) in [7, 11) is 0. The Morgan fingerprint density at radius 3 is 2.50 bits per heavy atom. The van der Waals surface area contributed by atoms with Crippen LogP contribution in [0.1, 0.15) is 32.3 Å². The van der Waals surface area contributed by atoms with Crippen LogP contribution in [0.25, 0.3) is 0 Å². The molecule has 2 N–H and O–H groups in total. The first-order valence-corrected chi connectivity index (χ1v) is 7.53. The average molecular weight is 335 g/mol. The predicted octanol–water partition coefficient (Wildman–Crippen LogP) is 4.54. The Kier molecular flexibility index (Phi) is 4.95. The highest BCUT2D eigenvalue weighted by molar-refractivity contribution is 9.10. The summed E-state index contributed by atoms with van der Waals surface area (Å²) in [5.74, 6) is 1.92. The van der Waals surface area contributed by atoms with E-state index in [4.69, 9.17) is 0 Å². The van der Waals surface area contributed by atoms with Crippen molar-refractivity contribution in [3.05, 3.63) is 40.5 Å². The van der Waals surface area contributed by atoms with Gasteiger partial charge in [-0.25, -0.2) is 4.98 Å². The molecule has 0 aliphatic rings. The van der Waals surface area contributed by atoms with Gasteiger partial charge in [0.25, 0.3) is 0 Å². The average Bonchev–Trinajstić information content (AvgIpc) is 2.43. The fraction of sp³-hybridized carbons (Fsp3) is 0.333. The van der Waals surface area contributed by atoms with Crippen molar-refractivity contribution in [2.75, 3.05) is 17.2 Å². The van der Waals surface area contributed by atoms with E-state index in [-0.39, 0.29) is 0 Å². The molecule has 2 rings (SSSR count). The molecule has 1 aromatic carbocycles. The standard InChI is InChI=1S/C15H19BrN4/c1-4-17-15-18-9-13(16)14(20-15)19-12-7-5-11(6-8-12)10(2)3/h5-10H,4H2,1-3H3,(H2,17,18,19,20). The third-order valence-corrected chi connectivity index (χ3v) is 3.50. The van der Waals surface area contributed by atoms with E-state index in [0.29, 0.717) is 11.9 Å². The third kappa shape index (κ3) is 3.70. The Balaban J connectivity index is 2.18. The van der Waals surface area contributed by atoms with Crippen LogP contribution in [0.5, 0.6) is 0 Å². The zero-order valence-electron chi connectivity index (χ0n) is 11.9. The second-order valence-electron chi connectivity index (χ2n) is 4.82. The quantitative estimate of drug-likeness (QED) is 0.842. The molecule has 0 amide bonds. The van der Waals surface area contributed by atoms with Crippen LogP contribution in [0.2, 0.25) is 0 Å². The van der Waals surface area contributed by atoms with Crippen LogP contribution in [0.15, 0.2) is 34.9 Å². The van der Waals surface area contributed by atoms with E-state index in [1.54, 1.807) is 6.20 Å². The Bertz CT molecular complexity index is 567. The summed E-state index contributed by atoms with van der Waals surface area (Å²) < 4.78 is 0.840. The number of hydrogen-bond donors (Lipinski definition) is 2. The molecule has 0 atom stereocenters. The summed E-state index contributed by atoms with van der Waals surface area (Å²) >= 11 is 3.46. The normalized spacial score (nSPS) is 10.7. The molecule has 0 bridgehead atoms. The maximum Gasteiger partial charge on any atom is 0.224 e. The highest BCUT2D eigenvalue weighted by Gasteiger charge is 2.05. The minimum Gasteiger partial charge on any atom is -0.354 e. The molecular formula is C15H19BrN4. The number of aromatic nitrogens is 2. The van der Waals surface area contributed by atoms with Crippen molar-refractivity contribution in [2.24, 2.45) is 0 Å². The molecule has 0 radical (unpaired) electrons. The van der Waals surface area contributed by atoms with Crippen molar-refractivity contribution in [1.82, 2.24) is 9.97 Å². The summed E-state index contributed by atoms with van der Waals surface area (Å²) in [5, 5.41) is 6.40. The lowest BCUT2D eigenvalue weighted by atomic mass is 10.0. The number of nitrogens with one attached hydrogen (secondary N) is 2. The highest BCUT2D eigenvalue weighted by Crippen LogP contribution is 2.25. The predicted molar refractivity (Wildman–Crippen MR) is 87.7 cm³/mol. The highest BCUT2D eigenvalue weighted by atomic mass is 79.9. The summed E-state index contributed by atoms with van der Waals surface area (Å²) in [4.78, 5) is 8.63. The fourth-order valence-corrected chi connectivity index (χ4v) is 2.08. The van der Waals surface area contributed by atoms with Gasteiger partial charge in [0.1, 0.15) is 5.82 Å². The lowest BCUT2D eigenvalue weighted by Crippen LogP contribution is -2.04. The molecule has 20 heavy (non-hydrogen) atoms. The van der Waals surface area contributed by atoms with Crippen molar-refractivity contribution in [1.29, 1.82) is 0 Å². The van der Waals surface area contributed by atoms with Crippen molar-refractivity contribution in [3.8, 4) is 0 Å². The number of nitrogens with zero attached hydrogens (tertiary/aromatic N) is 2. The van der Waals surface area contributed by atoms with Crippen molar-refractivity contribution >= 4 is 33.4 Å². The molecule has 0 fully saturated rings. The van der Waals surface area contributed by atoms with Crippen molar-refractivity contribution in [3.63, 3.8) is 0 Å². The maximum atomic E-state index is 4.43. The van der Waals surface area contributed by atoms with Crippen LogP contribution in [0.4, 0.5) is 17.5 Å². The van der Waals surface area contributed by atoms with Crippen molar-refractivity contribution in [2.45, 2.75) is 26.7 Å². The Labute approximate surface area is 128 Å². The molecular weight excluding hydrogens is 316 g/mol. The molecule has 1 aromatic heterocycles. The molecule has 0 aliphatic heterocycles. The van der Waals surface area contributed by atoms with Gasteiger partial charge in [-0.1, -0.05) is 26.0 Å². The van der Waals surface area contributed by atoms with Crippen LogP contribution in [0.3, 0.4) is 0 Å². The first-order chi connectivity index (χ1) is 9.60. The van der Waals surface area contributed by atoms with Crippen LogP contribution in [-0.2, 0) is 0 Å². The number of rotatable bonds is 5. The molecule has 0 aliphatic carbocycles. The number of halogens is 1. The summed E-state index contributed by atoms with van der Waals surface area (Å²) in [5.41, 5.74) is 2.34. The molecule has 0 saturated heterocycles. The van der Waals surface area contributed by atoms with Gasteiger partial charge in [0, 0.05) is 18.4 Å². The summed E-state index contributed by atoms with van der Waals surface area (Å²) in [6.45, 7) is 7.19. The fourth-order valence-electron chi connectivity index (χ4n) is 1.79. The lowest BCUT2D eigenvalue weighted by Gasteiger charge is -2.11. The Hall–Kier alpha value is -1.62. The monoisotopic (exact) mass is 334 g/mol. The van der Waals surface area contributed by atoms with Gasteiger partial charge in [-0.05, 0) is 46.5 Å². The molecule has 106 valence electrons. The van der Waals surface area contributed by atoms with E-state index in [1.165, 1.54) is 5.56 Å². The second kappa shape index (κ2) is 6.70. The molecule has 0 spiro atoms. The first-order valence-electron chi connectivity index (χ1n) is 6.73. The van der Waals surface area contributed by atoms with Crippen molar-refractivity contribution < 1.29 is 0 Å². The zero-order valence-corrected chi connectivity index (χ0v) is 13.5. The van der Waals surface area contributed by atoms with E-state index in [2.05, 4.69) is 74.6 Å². The van der Waals surface area contributed by atoms with Crippen LogP contribution < -0.4 is 10.6 Å². The van der Waals surface area contributed by atoms with E-state index in [1.807, 2.05) is 6.92 Å². The van der Waals surface area contributed by atoms with Gasteiger partial charge < -0.3 is 10.6 Å². The van der Waals surface area contributed by atoms with Gasteiger partial charge in [-0.2, -0.15) is 4.98 Å². The van der Waals surface area contributed by atoms with Gasteiger partial charge in [-0.15, -0.1) is 0 Å². The SMILES string of the molecule is CCNc1ncc(Br)c(Nc2ccc(C(C)C)cc2)n1. The van der Waals surface area contributed by atoms with Gasteiger partial charge in [0.05, 0.1) is 4.47 Å². The largest absolute Gasteiger partial charge is 0.354 e. The molecule has 2 aromatic rings. The van der Waals surface area contributed by atoms with Gasteiger partial charge in [0.2, 0.25) is 5.95 Å². The smallest absolute Gasteiger partial charge is 0.224 e. The Morgan fingerprint density at radius 1 is 1.20 bits per heavy atom. The number of anilines is 3. The minimum absolute atomic E-state index is 0.537. The molecule has 1 heterocycles. The Morgan fingerprint density at radius 2 is 1.90 bits per heavy atom. The van der Waals surface area contributed by atoms with Gasteiger partial charge in [0.15, 0.2) is 0 Å². The van der Waals surface area contributed by atoms with E-state index < -0.39 is 0 Å². The van der Waals surface area contributed by atoms with Crippen LogP contribution in [0, 0.1) is 0 Å². The number of hydrogen-bond acceptors (Lipinski definition) is 4. The maximum absolute atomic E-state index is 4.43. The molecule has 5 heteroatoms.